The van der Waals surface area contributed by atoms with Crippen molar-refractivity contribution in [2.75, 3.05) is 6.61 Å². The molecule has 3 aromatic carbocycles. The molecule has 140 valence electrons. The maximum atomic E-state index is 14.7. The van der Waals surface area contributed by atoms with Gasteiger partial charge in [-0.3, -0.25) is 0 Å². The first-order valence-corrected chi connectivity index (χ1v) is 9.05. The quantitative estimate of drug-likeness (QED) is 0.464. The Kier molecular flexibility index (Phi) is 5.84. The molecule has 0 aliphatic heterocycles. The predicted octanol–water partition coefficient (Wildman–Crippen LogP) is 6.79. The molecule has 0 spiro atoms. The maximum Gasteiger partial charge on any atom is 0.201 e. The molecule has 0 saturated heterocycles. The molecule has 27 heavy (non-hydrogen) atoms. The van der Waals surface area contributed by atoms with Crippen LogP contribution in [0.25, 0.3) is 22.3 Å². The van der Waals surface area contributed by atoms with Crippen molar-refractivity contribution in [3.8, 4) is 28.0 Å². The molecule has 0 aliphatic carbocycles. The van der Waals surface area contributed by atoms with E-state index in [1.165, 1.54) is 23.8 Å². The van der Waals surface area contributed by atoms with Gasteiger partial charge in [0, 0.05) is 11.1 Å². The zero-order chi connectivity index (χ0) is 19.4. The number of halogens is 3. The average molecular weight is 370 g/mol. The van der Waals surface area contributed by atoms with Gasteiger partial charge in [-0.25, -0.2) is 8.78 Å². The van der Waals surface area contributed by atoms with E-state index in [1.54, 1.807) is 19.1 Å². The largest absolute Gasteiger partial charge is 0.491 e. The van der Waals surface area contributed by atoms with Gasteiger partial charge in [-0.05, 0) is 48.2 Å². The van der Waals surface area contributed by atoms with Crippen molar-refractivity contribution in [3.05, 3.63) is 77.6 Å². The minimum atomic E-state index is -1.06. The first kappa shape index (κ1) is 19.0. The number of rotatable bonds is 6. The van der Waals surface area contributed by atoms with E-state index in [9.17, 15) is 13.2 Å². The third kappa shape index (κ3) is 4.00. The molecule has 0 amide bonds. The highest BCUT2D eigenvalue weighted by molar-refractivity contribution is 5.72. The molecular formula is C23H21F3O. The van der Waals surface area contributed by atoms with Crippen LogP contribution in [0.15, 0.2) is 54.6 Å². The zero-order valence-corrected chi connectivity index (χ0v) is 15.4. The van der Waals surface area contributed by atoms with E-state index in [1.807, 2.05) is 24.3 Å². The van der Waals surface area contributed by atoms with Crippen LogP contribution < -0.4 is 4.74 Å². The van der Waals surface area contributed by atoms with Gasteiger partial charge in [-0.15, -0.1) is 0 Å². The monoisotopic (exact) mass is 370 g/mol. The van der Waals surface area contributed by atoms with Crippen molar-refractivity contribution in [1.82, 2.24) is 0 Å². The van der Waals surface area contributed by atoms with Crippen molar-refractivity contribution in [2.24, 2.45) is 0 Å². The number of hydrogen-bond acceptors (Lipinski definition) is 1. The van der Waals surface area contributed by atoms with Gasteiger partial charge in [0.25, 0.3) is 0 Å². The van der Waals surface area contributed by atoms with Gasteiger partial charge in [0.05, 0.1) is 6.61 Å². The van der Waals surface area contributed by atoms with Crippen molar-refractivity contribution in [1.29, 1.82) is 0 Å². The summed E-state index contributed by atoms with van der Waals surface area (Å²) >= 11 is 0. The molecule has 0 N–H and O–H groups in total. The van der Waals surface area contributed by atoms with E-state index in [0.717, 1.165) is 18.4 Å². The molecule has 0 heterocycles. The van der Waals surface area contributed by atoms with Crippen LogP contribution in [-0.4, -0.2) is 6.61 Å². The van der Waals surface area contributed by atoms with Crippen LogP contribution in [0.1, 0.15) is 25.8 Å². The summed E-state index contributed by atoms with van der Waals surface area (Å²) in [6.45, 7) is 4.03. The summed E-state index contributed by atoms with van der Waals surface area (Å²) < 4.78 is 48.2. The third-order valence-corrected chi connectivity index (χ3v) is 4.43. The van der Waals surface area contributed by atoms with E-state index < -0.39 is 17.5 Å². The minimum Gasteiger partial charge on any atom is -0.491 e. The Labute approximate surface area is 157 Å². The van der Waals surface area contributed by atoms with Crippen LogP contribution in [0.4, 0.5) is 13.2 Å². The highest BCUT2D eigenvalue weighted by atomic mass is 19.2. The van der Waals surface area contributed by atoms with Crippen LogP contribution in [0.2, 0.25) is 0 Å². The Morgan fingerprint density at radius 3 is 2.04 bits per heavy atom. The normalized spacial score (nSPS) is 10.9. The number of hydrogen-bond donors (Lipinski definition) is 0. The lowest BCUT2D eigenvalue weighted by Crippen LogP contribution is -1.99. The van der Waals surface area contributed by atoms with Gasteiger partial charge in [-0.2, -0.15) is 4.39 Å². The Morgan fingerprint density at radius 1 is 0.741 bits per heavy atom. The molecule has 3 rings (SSSR count). The summed E-state index contributed by atoms with van der Waals surface area (Å²) in [4.78, 5) is 0. The van der Waals surface area contributed by atoms with Crippen LogP contribution in [0.5, 0.6) is 5.75 Å². The lowest BCUT2D eigenvalue weighted by molar-refractivity contribution is 0.314. The predicted molar refractivity (Wildman–Crippen MR) is 102 cm³/mol. The van der Waals surface area contributed by atoms with Crippen LogP contribution >= 0.6 is 0 Å². The minimum absolute atomic E-state index is 0.000281. The Bertz CT molecular complexity index is 933. The van der Waals surface area contributed by atoms with Gasteiger partial charge >= 0.3 is 0 Å². The molecule has 1 nitrogen and oxygen atoms in total. The molecule has 0 atom stereocenters. The average Bonchev–Trinajstić information content (AvgIpc) is 2.67. The first-order valence-electron chi connectivity index (χ1n) is 9.05. The molecule has 0 aliphatic rings. The van der Waals surface area contributed by atoms with Crippen molar-refractivity contribution in [2.45, 2.75) is 26.7 Å². The van der Waals surface area contributed by atoms with E-state index in [2.05, 4.69) is 6.92 Å². The van der Waals surface area contributed by atoms with Gasteiger partial charge in [-0.1, -0.05) is 49.7 Å². The molecular weight excluding hydrogens is 349 g/mol. The number of benzene rings is 3. The topological polar surface area (TPSA) is 9.23 Å². The Morgan fingerprint density at radius 2 is 1.41 bits per heavy atom. The summed E-state index contributed by atoms with van der Waals surface area (Å²) in [7, 11) is 0. The molecule has 0 unspecified atom stereocenters. The highest BCUT2D eigenvalue weighted by Crippen LogP contribution is 2.33. The molecule has 0 bridgehead atoms. The SMILES string of the molecule is CCCc1ccc(-c2ccc(-c3ccc(OCC)c(F)c3F)cc2F)cc1. The van der Waals surface area contributed by atoms with E-state index in [4.69, 9.17) is 4.74 Å². The van der Waals surface area contributed by atoms with E-state index in [0.29, 0.717) is 5.56 Å². The van der Waals surface area contributed by atoms with Gasteiger partial charge in [0.1, 0.15) is 5.82 Å². The van der Waals surface area contributed by atoms with E-state index in [-0.39, 0.29) is 23.5 Å². The summed E-state index contributed by atoms with van der Waals surface area (Å²) in [6, 6.07) is 14.9. The van der Waals surface area contributed by atoms with Gasteiger partial charge in [0.2, 0.25) is 5.82 Å². The summed E-state index contributed by atoms with van der Waals surface area (Å²) in [6.07, 6.45) is 2.02. The lowest BCUT2D eigenvalue weighted by Gasteiger charge is -2.11. The van der Waals surface area contributed by atoms with Crippen LogP contribution in [-0.2, 0) is 6.42 Å². The smallest absolute Gasteiger partial charge is 0.201 e. The molecule has 0 saturated carbocycles. The molecule has 0 aromatic heterocycles. The third-order valence-electron chi connectivity index (χ3n) is 4.43. The highest BCUT2D eigenvalue weighted by Gasteiger charge is 2.17. The van der Waals surface area contributed by atoms with Crippen molar-refractivity contribution < 1.29 is 17.9 Å². The second-order valence-electron chi connectivity index (χ2n) is 6.31. The van der Waals surface area contributed by atoms with Crippen molar-refractivity contribution in [3.63, 3.8) is 0 Å². The Hall–Kier alpha value is -2.75. The molecule has 4 heteroatoms. The molecule has 3 aromatic rings. The van der Waals surface area contributed by atoms with E-state index >= 15 is 0 Å². The first-order chi connectivity index (χ1) is 13.0. The summed E-state index contributed by atoms with van der Waals surface area (Å²) in [5.74, 6) is -2.74. The fourth-order valence-corrected chi connectivity index (χ4v) is 3.08. The lowest BCUT2D eigenvalue weighted by atomic mass is 9.98. The zero-order valence-electron chi connectivity index (χ0n) is 15.4. The van der Waals surface area contributed by atoms with Crippen LogP contribution in [0.3, 0.4) is 0 Å². The van der Waals surface area contributed by atoms with Crippen molar-refractivity contribution >= 4 is 0 Å². The standard InChI is InChI=1S/C23H21F3O/c1-3-5-15-6-8-16(9-7-15)18-11-10-17(14-20(18)24)19-12-13-21(27-4-2)23(26)22(19)25/h6-14H,3-5H2,1-2H3. The van der Waals surface area contributed by atoms with Crippen LogP contribution in [0, 0.1) is 17.5 Å². The molecule has 0 radical (unpaired) electrons. The Balaban J connectivity index is 1.94. The summed E-state index contributed by atoms with van der Waals surface area (Å²) in [5.41, 5.74) is 2.65. The fraction of sp³-hybridized carbons (Fsp3) is 0.217. The number of aryl methyl sites for hydroxylation is 1. The number of ether oxygens (including phenoxy) is 1. The summed E-state index contributed by atoms with van der Waals surface area (Å²) in [5, 5.41) is 0. The second-order valence-corrected chi connectivity index (χ2v) is 6.31. The van der Waals surface area contributed by atoms with Gasteiger partial charge < -0.3 is 4.74 Å². The second kappa shape index (κ2) is 8.30. The molecule has 0 fully saturated rings. The fourth-order valence-electron chi connectivity index (χ4n) is 3.08. The van der Waals surface area contributed by atoms with Gasteiger partial charge in [0.15, 0.2) is 11.6 Å². The maximum absolute atomic E-state index is 14.7.